The number of rotatable bonds is 7. The quantitative estimate of drug-likeness (QED) is 0.618. The van der Waals surface area contributed by atoms with Crippen molar-refractivity contribution in [2.45, 2.75) is 38.7 Å². The van der Waals surface area contributed by atoms with Crippen molar-refractivity contribution in [1.82, 2.24) is 0 Å². The van der Waals surface area contributed by atoms with Crippen molar-refractivity contribution in [2.24, 2.45) is 0 Å². The lowest BCUT2D eigenvalue weighted by Crippen LogP contribution is -2.29. The molecular weight excluding hydrogens is 276 g/mol. The van der Waals surface area contributed by atoms with Gasteiger partial charge in [-0.15, -0.1) is 6.58 Å². The summed E-state index contributed by atoms with van der Waals surface area (Å²) in [5.41, 5.74) is 2.04. The Labute approximate surface area is 133 Å². The number of benzene rings is 1. The maximum Gasteiger partial charge on any atom is 0.253 e. The average molecular weight is 302 g/mol. The zero-order valence-corrected chi connectivity index (χ0v) is 13.4. The molecule has 1 heterocycles. The predicted molar refractivity (Wildman–Crippen MR) is 91.4 cm³/mol. The number of carbonyl (C=O) groups excluding carboxylic acids is 1. The van der Waals surface area contributed by atoms with E-state index in [-0.39, 0.29) is 5.91 Å². The monoisotopic (exact) mass is 302 g/mol. The summed E-state index contributed by atoms with van der Waals surface area (Å²) in [4.78, 5) is 14.4. The van der Waals surface area contributed by atoms with Gasteiger partial charge in [-0.05, 0) is 56.9 Å². The van der Waals surface area contributed by atoms with Crippen molar-refractivity contribution in [1.29, 1.82) is 0 Å². The molecule has 120 valence electrons. The van der Waals surface area contributed by atoms with Crippen molar-refractivity contribution < 1.29 is 9.53 Å². The van der Waals surface area contributed by atoms with Crippen molar-refractivity contribution in [3.05, 3.63) is 36.9 Å². The third-order valence-corrected chi connectivity index (χ3v) is 3.92. The Kier molecular flexibility index (Phi) is 6.46. The number of nitrogens with one attached hydrogen (secondary N) is 1. The van der Waals surface area contributed by atoms with Crippen LogP contribution in [-0.2, 0) is 9.53 Å². The molecule has 0 spiro atoms. The van der Waals surface area contributed by atoms with Crippen LogP contribution in [0.15, 0.2) is 36.9 Å². The SMILES string of the molecule is C=CCCOC(C)C(=O)Nc1ccc(N2CCCCC2)cc1. The van der Waals surface area contributed by atoms with Crippen LogP contribution in [0, 0.1) is 0 Å². The summed E-state index contributed by atoms with van der Waals surface area (Å²) in [5, 5.41) is 2.89. The van der Waals surface area contributed by atoms with E-state index in [0.717, 1.165) is 25.2 Å². The molecule has 1 fully saturated rings. The summed E-state index contributed by atoms with van der Waals surface area (Å²) in [6, 6.07) is 8.06. The van der Waals surface area contributed by atoms with Crippen LogP contribution in [0.2, 0.25) is 0 Å². The van der Waals surface area contributed by atoms with E-state index in [0.29, 0.717) is 6.61 Å². The molecular formula is C18H26N2O2. The van der Waals surface area contributed by atoms with E-state index in [4.69, 9.17) is 4.74 Å². The number of anilines is 2. The van der Waals surface area contributed by atoms with Crippen LogP contribution in [0.4, 0.5) is 11.4 Å². The first kappa shape index (κ1) is 16.6. The van der Waals surface area contributed by atoms with Crippen LogP contribution < -0.4 is 10.2 Å². The van der Waals surface area contributed by atoms with E-state index in [9.17, 15) is 4.79 Å². The van der Waals surface area contributed by atoms with Gasteiger partial charge < -0.3 is 15.0 Å². The number of hydrogen-bond donors (Lipinski definition) is 1. The maximum atomic E-state index is 12.0. The van der Waals surface area contributed by atoms with Gasteiger partial charge in [0, 0.05) is 24.5 Å². The molecule has 22 heavy (non-hydrogen) atoms. The van der Waals surface area contributed by atoms with Crippen LogP contribution in [0.1, 0.15) is 32.6 Å². The van der Waals surface area contributed by atoms with E-state index < -0.39 is 6.10 Å². The van der Waals surface area contributed by atoms with Crippen LogP contribution in [-0.4, -0.2) is 31.7 Å². The summed E-state index contributed by atoms with van der Waals surface area (Å²) in [7, 11) is 0. The number of carbonyl (C=O) groups is 1. The molecule has 4 nitrogen and oxygen atoms in total. The van der Waals surface area contributed by atoms with Crippen molar-refractivity contribution in [3.63, 3.8) is 0 Å². The Morgan fingerprint density at radius 2 is 2.00 bits per heavy atom. The molecule has 0 saturated carbocycles. The third-order valence-electron chi connectivity index (χ3n) is 3.92. The summed E-state index contributed by atoms with van der Waals surface area (Å²) in [5.74, 6) is -0.116. The third kappa shape index (κ3) is 4.88. The molecule has 1 N–H and O–H groups in total. The lowest BCUT2D eigenvalue weighted by Gasteiger charge is -2.28. The topological polar surface area (TPSA) is 41.6 Å². The van der Waals surface area contributed by atoms with E-state index in [2.05, 4.69) is 28.9 Å². The van der Waals surface area contributed by atoms with Crippen LogP contribution in [0.5, 0.6) is 0 Å². The Morgan fingerprint density at radius 3 is 2.64 bits per heavy atom. The first-order chi connectivity index (χ1) is 10.7. The summed E-state index contributed by atoms with van der Waals surface area (Å²) in [6.07, 6.45) is 5.93. The second-order valence-corrected chi connectivity index (χ2v) is 5.67. The Balaban J connectivity index is 1.84. The van der Waals surface area contributed by atoms with Crippen LogP contribution in [0.3, 0.4) is 0 Å². The first-order valence-corrected chi connectivity index (χ1v) is 8.09. The van der Waals surface area contributed by atoms with Crippen molar-refractivity contribution in [2.75, 3.05) is 29.9 Å². The number of amides is 1. The highest BCUT2D eigenvalue weighted by Gasteiger charge is 2.14. The van der Waals surface area contributed by atoms with Gasteiger partial charge >= 0.3 is 0 Å². The lowest BCUT2D eigenvalue weighted by molar-refractivity contribution is -0.126. The normalized spacial score (nSPS) is 16.1. The molecule has 0 radical (unpaired) electrons. The highest BCUT2D eigenvalue weighted by Crippen LogP contribution is 2.21. The van der Waals surface area contributed by atoms with E-state index in [1.54, 1.807) is 13.0 Å². The van der Waals surface area contributed by atoms with Gasteiger partial charge in [0.25, 0.3) is 5.91 Å². The molecule has 1 aliphatic rings. The van der Waals surface area contributed by atoms with E-state index >= 15 is 0 Å². The molecule has 0 aliphatic carbocycles. The molecule has 1 unspecified atom stereocenters. The lowest BCUT2D eigenvalue weighted by atomic mass is 10.1. The van der Waals surface area contributed by atoms with E-state index in [1.807, 2.05) is 12.1 Å². The minimum Gasteiger partial charge on any atom is -0.372 e. The fourth-order valence-corrected chi connectivity index (χ4v) is 2.56. The molecule has 1 aromatic carbocycles. The van der Waals surface area contributed by atoms with Gasteiger partial charge in [-0.3, -0.25) is 4.79 Å². The molecule has 1 atom stereocenters. The second kappa shape index (κ2) is 8.59. The smallest absolute Gasteiger partial charge is 0.253 e. The number of ether oxygens (including phenoxy) is 1. The van der Waals surface area contributed by atoms with Gasteiger partial charge in [-0.2, -0.15) is 0 Å². The van der Waals surface area contributed by atoms with Gasteiger partial charge in [-0.25, -0.2) is 0 Å². The Morgan fingerprint density at radius 1 is 1.32 bits per heavy atom. The highest BCUT2D eigenvalue weighted by molar-refractivity contribution is 5.94. The standard InChI is InChI=1S/C18H26N2O2/c1-3-4-14-22-15(2)18(21)19-16-8-10-17(11-9-16)20-12-6-5-7-13-20/h3,8-11,15H,1,4-7,12-14H2,2H3,(H,19,21). The zero-order valence-electron chi connectivity index (χ0n) is 13.4. The first-order valence-electron chi connectivity index (χ1n) is 8.09. The summed E-state index contributed by atoms with van der Waals surface area (Å²) < 4.78 is 5.44. The van der Waals surface area contributed by atoms with Gasteiger partial charge in [0.1, 0.15) is 6.10 Å². The molecule has 0 aromatic heterocycles. The minimum atomic E-state index is -0.457. The van der Waals surface area contributed by atoms with E-state index in [1.165, 1.54) is 24.9 Å². The molecule has 1 amide bonds. The van der Waals surface area contributed by atoms with Gasteiger partial charge in [-0.1, -0.05) is 6.08 Å². The maximum absolute atomic E-state index is 12.0. The molecule has 0 bridgehead atoms. The Bertz CT molecular complexity index is 478. The van der Waals surface area contributed by atoms with Crippen LogP contribution in [0.25, 0.3) is 0 Å². The molecule has 1 aromatic rings. The summed E-state index contributed by atoms with van der Waals surface area (Å²) >= 11 is 0. The molecule has 1 saturated heterocycles. The zero-order chi connectivity index (χ0) is 15.8. The minimum absolute atomic E-state index is 0.116. The average Bonchev–Trinajstić information content (AvgIpc) is 2.56. The van der Waals surface area contributed by atoms with Crippen molar-refractivity contribution in [3.8, 4) is 0 Å². The largest absolute Gasteiger partial charge is 0.372 e. The number of nitrogens with zero attached hydrogens (tertiary/aromatic N) is 1. The molecule has 2 rings (SSSR count). The van der Waals surface area contributed by atoms with Gasteiger partial charge in [0.2, 0.25) is 0 Å². The Hall–Kier alpha value is -1.81. The van der Waals surface area contributed by atoms with Crippen LogP contribution >= 0.6 is 0 Å². The second-order valence-electron chi connectivity index (χ2n) is 5.67. The van der Waals surface area contributed by atoms with Gasteiger partial charge in [0.15, 0.2) is 0 Å². The summed E-state index contributed by atoms with van der Waals surface area (Å²) in [6.45, 7) is 8.17. The predicted octanol–water partition coefficient (Wildman–Crippen LogP) is 3.60. The molecule has 4 heteroatoms. The van der Waals surface area contributed by atoms with Crippen molar-refractivity contribution >= 4 is 17.3 Å². The fourth-order valence-electron chi connectivity index (χ4n) is 2.56. The number of piperidine rings is 1. The molecule has 1 aliphatic heterocycles. The highest BCUT2D eigenvalue weighted by atomic mass is 16.5. The fraction of sp³-hybridized carbons (Fsp3) is 0.500. The van der Waals surface area contributed by atoms with Gasteiger partial charge in [0.05, 0.1) is 6.61 Å². The number of hydrogen-bond acceptors (Lipinski definition) is 3.